The van der Waals surface area contributed by atoms with Crippen LogP contribution in [0, 0.1) is 0 Å². The van der Waals surface area contributed by atoms with E-state index < -0.39 is 0 Å². The third kappa shape index (κ3) is 3.91. The summed E-state index contributed by atoms with van der Waals surface area (Å²) in [5, 5.41) is 8.05. The van der Waals surface area contributed by atoms with Gasteiger partial charge in [-0.1, -0.05) is 0 Å². The van der Waals surface area contributed by atoms with Crippen molar-refractivity contribution in [3.8, 4) is 0 Å². The minimum Gasteiger partial charge on any atom is -0.367 e. The van der Waals surface area contributed by atoms with Gasteiger partial charge in [-0.05, 0) is 29.3 Å². The number of nitrogens with zero attached hydrogens (tertiary/aromatic N) is 3. The van der Waals surface area contributed by atoms with E-state index in [-0.39, 0.29) is 36.7 Å². The van der Waals surface area contributed by atoms with Crippen molar-refractivity contribution in [2.75, 3.05) is 13.1 Å². The molecule has 3 rings (SSSR count). The third-order valence-electron chi connectivity index (χ3n) is 4.12. The average Bonchev–Trinajstić information content (AvgIpc) is 3.23. The fourth-order valence-electron chi connectivity index (χ4n) is 2.89. The number of aryl methyl sites for hydroxylation is 1. The first-order chi connectivity index (χ1) is 11.5. The molecule has 0 unspecified atom stereocenters. The fraction of sp³-hybridized carbons (Fsp3) is 0.471. The third-order valence-corrected chi connectivity index (χ3v) is 4.82. The van der Waals surface area contributed by atoms with E-state index >= 15 is 0 Å². The van der Waals surface area contributed by atoms with Crippen molar-refractivity contribution >= 4 is 23.0 Å². The van der Waals surface area contributed by atoms with Gasteiger partial charge in [-0.3, -0.25) is 14.3 Å². The summed E-state index contributed by atoms with van der Waals surface area (Å²) in [7, 11) is 1.77. The summed E-state index contributed by atoms with van der Waals surface area (Å²) in [6.07, 6.45) is 3.54. The minimum absolute atomic E-state index is 0.00243. The van der Waals surface area contributed by atoms with Gasteiger partial charge < -0.3 is 9.64 Å². The maximum absolute atomic E-state index is 12.5. The molecule has 0 spiro atoms. The number of Topliss-reactive ketones (excluding diaryl/α,β-unsaturated/α-hetero) is 1. The van der Waals surface area contributed by atoms with Crippen molar-refractivity contribution in [1.82, 2.24) is 14.7 Å². The summed E-state index contributed by atoms with van der Waals surface area (Å²) in [6.45, 7) is 3.08. The molecule has 1 saturated heterocycles. The largest absolute Gasteiger partial charge is 0.367 e. The number of carbonyl (C=O) groups is 2. The van der Waals surface area contributed by atoms with E-state index in [4.69, 9.17) is 4.74 Å². The van der Waals surface area contributed by atoms with Crippen molar-refractivity contribution in [3.63, 3.8) is 0 Å². The molecule has 2 aromatic heterocycles. The van der Waals surface area contributed by atoms with Gasteiger partial charge in [0.15, 0.2) is 5.78 Å². The Labute approximate surface area is 145 Å². The molecule has 2 aromatic rings. The molecule has 2 atom stereocenters. The van der Waals surface area contributed by atoms with Crippen LogP contribution in [-0.4, -0.2) is 45.6 Å². The van der Waals surface area contributed by atoms with Crippen LogP contribution in [0.25, 0.3) is 0 Å². The Balaban J connectivity index is 1.57. The smallest absolute Gasteiger partial charge is 0.223 e. The van der Waals surface area contributed by atoms with Gasteiger partial charge in [-0.2, -0.15) is 16.4 Å². The summed E-state index contributed by atoms with van der Waals surface area (Å²) in [5.41, 5.74) is 1.66. The first kappa shape index (κ1) is 16.9. The molecule has 0 aliphatic carbocycles. The van der Waals surface area contributed by atoms with Crippen molar-refractivity contribution in [2.24, 2.45) is 7.05 Å². The van der Waals surface area contributed by atoms with Gasteiger partial charge in [-0.25, -0.2) is 0 Å². The summed E-state index contributed by atoms with van der Waals surface area (Å²) >= 11 is 1.62. The summed E-state index contributed by atoms with van der Waals surface area (Å²) in [6, 6.07) is 2.03. The highest BCUT2D eigenvalue weighted by Crippen LogP contribution is 2.27. The molecule has 0 radical (unpaired) electrons. The Morgan fingerprint density at radius 2 is 2.21 bits per heavy atom. The van der Waals surface area contributed by atoms with Gasteiger partial charge in [0.2, 0.25) is 5.91 Å². The van der Waals surface area contributed by atoms with Crippen LogP contribution in [0.4, 0.5) is 0 Å². The second-order valence-corrected chi connectivity index (χ2v) is 6.90. The van der Waals surface area contributed by atoms with Crippen LogP contribution < -0.4 is 0 Å². The zero-order valence-electron chi connectivity index (χ0n) is 13.8. The van der Waals surface area contributed by atoms with Crippen molar-refractivity contribution in [1.29, 1.82) is 0 Å². The van der Waals surface area contributed by atoms with E-state index in [0.29, 0.717) is 18.7 Å². The Morgan fingerprint density at radius 3 is 2.88 bits per heavy atom. The fourth-order valence-corrected chi connectivity index (χ4v) is 3.59. The number of hydrogen-bond acceptors (Lipinski definition) is 5. The van der Waals surface area contributed by atoms with Crippen molar-refractivity contribution in [3.05, 3.63) is 40.3 Å². The molecule has 24 heavy (non-hydrogen) atoms. The van der Waals surface area contributed by atoms with Crippen LogP contribution in [0.5, 0.6) is 0 Å². The molecule has 1 fully saturated rings. The van der Waals surface area contributed by atoms with Gasteiger partial charge in [0.05, 0.1) is 24.4 Å². The number of ketones is 1. The summed E-state index contributed by atoms with van der Waals surface area (Å²) < 4.78 is 7.53. The number of morpholine rings is 1. The Hall–Kier alpha value is -1.99. The number of hydrogen-bond donors (Lipinski definition) is 0. The molecule has 0 aromatic carbocycles. The lowest BCUT2D eigenvalue weighted by atomic mass is 10.1. The van der Waals surface area contributed by atoms with Gasteiger partial charge in [-0.15, -0.1) is 0 Å². The van der Waals surface area contributed by atoms with Crippen LogP contribution in [0.3, 0.4) is 0 Å². The molecular formula is C17H21N3O3S. The lowest BCUT2D eigenvalue weighted by Gasteiger charge is -2.36. The van der Waals surface area contributed by atoms with E-state index in [2.05, 4.69) is 10.5 Å². The van der Waals surface area contributed by atoms with E-state index in [1.54, 1.807) is 29.3 Å². The molecule has 0 N–H and O–H groups in total. The van der Waals surface area contributed by atoms with E-state index in [9.17, 15) is 9.59 Å². The van der Waals surface area contributed by atoms with Crippen LogP contribution >= 0.6 is 11.3 Å². The van der Waals surface area contributed by atoms with Crippen LogP contribution in [0.1, 0.15) is 41.8 Å². The maximum atomic E-state index is 12.5. The van der Waals surface area contributed by atoms with Gasteiger partial charge in [0, 0.05) is 32.6 Å². The number of ether oxygens (including phenoxy) is 1. The number of aromatic nitrogens is 2. The first-order valence-electron chi connectivity index (χ1n) is 8.00. The molecule has 128 valence electrons. The Morgan fingerprint density at radius 1 is 1.38 bits per heavy atom. The lowest BCUT2D eigenvalue weighted by Crippen LogP contribution is -2.45. The second kappa shape index (κ2) is 7.27. The predicted molar refractivity (Wildman–Crippen MR) is 91.0 cm³/mol. The zero-order valence-corrected chi connectivity index (χ0v) is 14.7. The van der Waals surface area contributed by atoms with Crippen LogP contribution in [0.2, 0.25) is 0 Å². The lowest BCUT2D eigenvalue weighted by molar-refractivity contribution is -0.144. The highest BCUT2D eigenvalue weighted by atomic mass is 32.1. The van der Waals surface area contributed by atoms with Crippen LogP contribution in [0.15, 0.2) is 29.2 Å². The number of rotatable bonds is 5. The van der Waals surface area contributed by atoms with Crippen molar-refractivity contribution < 1.29 is 14.3 Å². The maximum Gasteiger partial charge on any atom is 0.223 e. The summed E-state index contributed by atoms with van der Waals surface area (Å²) in [5.74, 6) is -0.0465. The minimum atomic E-state index is -0.0852. The quantitative estimate of drug-likeness (QED) is 0.779. The second-order valence-electron chi connectivity index (χ2n) is 6.12. The average molecular weight is 347 g/mol. The van der Waals surface area contributed by atoms with E-state index in [0.717, 1.165) is 5.56 Å². The molecule has 0 bridgehead atoms. The standard InChI is InChI=1S/C17H21N3O3S/c1-12-8-20(10-16(23-12)13-5-6-24-11-13)17(22)4-3-15(21)14-7-18-19(2)9-14/h5-7,9,11-12,16H,3-4,8,10H2,1-2H3/t12-,16+/m0/s1. The molecule has 1 aliphatic rings. The molecule has 1 amide bonds. The molecule has 0 saturated carbocycles. The number of thiophene rings is 1. The SMILES string of the molecule is C[C@H]1CN(C(=O)CCC(=O)c2cnn(C)c2)C[C@H](c2ccsc2)O1. The molecule has 1 aliphatic heterocycles. The Kier molecular flexibility index (Phi) is 5.11. The van der Waals surface area contributed by atoms with Gasteiger partial charge in [0.1, 0.15) is 6.10 Å². The first-order valence-corrected chi connectivity index (χ1v) is 8.94. The molecular weight excluding hydrogens is 326 g/mol. The Bertz CT molecular complexity index is 710. The normalized spacial score (nSPS) is 21.0. The summed E-state index contributed by atoms with van der Waals surface area (Å²) in [4.78, 5) is 26.4. The number of amides is 1. The highest BCUT2D eigenvalue weighted by molar-refractivity contribution is 7.07. The van der Waals surface area contributed by atoms with Crippen LogP contribution in [-0.2, 0) is 16.6 Å². The predicted octanol–water partition coefficient (Wildman–Crippen LogP) is 2.43. The monoisotopic (exact) mass is 347 g/mol. The molecule has 6 nitrogen and oxygen atoms in total. The molecule has 3 heterocycles. The van der Waals surface area contributed by atoms with Gasteiger partial charge >= 0.3 is 0 Å². The highest BCUT2D eigenvalue weighted by Gasteiger charge is 2.29. The van der Waals surface area contributed by atoms with E-state index in [1.165, 1.54) is 6.20 Å². The number of carbonyl (C=O) groups excluding carboxylic acids is 2. The zero-order chi connectivity index (χ0) is 17.1. The van der Waals surface area contributed by atoms with Crippen molar-refractivity contribution in [2.45, 2.75) is 32.0 Å². The molecule has 7 heteroatoms. The van der Waals surface area contributed by atoms with Gasteiger partial charge in [0.25, 0.3) is 0 Å². The topological polar surface area (TPSA) is 64.4 Å². The van der Waals surface area contributed by atoms with E-state index in [1.807, 2.05) is 23.3 Å².